The molecule has 0 aliphatic rings. The molecule has 7 nitrogen and oxygen atoms in total. The van der Waals surface area contributed by atoms with Gasteiger partial charge in [0.25, 0.3) is 0 Å². The highest BCUT2D eigenvalue weighted by molar-refractivity contribution is 7.89. The summed E-state index contributed by atoms with van der Waals surface area (Å²) in [5.41, 5.74) is 0.0342. The van der Waals surface area contributed by atoms with Crippen molar-refractivity contribution in [1.82, 2.24) is 14.9 Å². The molecule has 0 rings (SSSR count). The van der Waals surface area contributed by atoms with Gasteiger partial charge in [-0.3, -0.25) is 4.99 Å². The van der Waals surface area contributed by atoms with Crippen molar-refractivity contribution in [2.45, 2.75) is 53.4 Å². The second-order valence-corrected chi connectivity index (χ2v) is 8.74. The lowest BCUT2D eigenvalue weighted by Crippen LogP contribution is -2.40. The van der Waals surface area contributed by atoms with Crippen molar-refractivity contribution in [3.8, 4) is 0 Å². The molecule has 0 aromatic carbocycles. The summed E-state index contributed by atoms with van der Waals surface area (Å²) in [6.07, 6.45) is 3.42. The predicted molar refractivity (Wildman–Crippen MR) is 105 cm³/mol. The molecule has 25 heavy (non-hydrogen) atoms. The maximum atomic E-state index is 11.7. The summed E-state index contributed by atoms with van der Waals surface area (Å²) in [7, 11) is -1.50. The highest BCUT2D eigenvalue weighted by Crippen LogP contribution is 2.30. The summed E-state index contributed by atoms with van der Waals surface area (Å²) in [5.74, 6) is 0.870. The molecule has 0 aromatic rings. The van der Waals surface area contributed by atoms with Gasteiger partial charge < -0.3 is 15.7 Å². The lowest BCUT2D eigenvalue weighted by Gasteiger charge is -2.29. The number of hydrogen-bond donors (Lipinski definition) is 3. The van der Waals surface area contributed by atoms with Gasteiger partial charge in [-0.15, -0.1) is 0 Å². The van der Waals surface area contributed by atoms with Crippen LogP contribution in [0.2, 0.25) is 0 Å². The van der Waals surface area contributed by atoms with E-state index in [1.807, 2.05) is 6.92 Å². The normalized spacial score (nSPS) is 13.3. The molecule has 0 atom stereocenters. The summed E-state index contributed by atoms with van der Waals surface area (Å²) in [6.45, 7) is 10.7. The lowest BCUT2D eigenvalue weighted by atomic mass is 9.79. The van der Waals surface area contributed by atoms with Crippen molar-refractivity contribution >= 4 is 16.0 Å². The molecular weight excluding hydrogens is 340 g/mol. The maximum absolute atomic E-state index is 11.7. The van der Waals surface area contributed by atoms with Crippen molar-refractivity contribution in [3.05, 3.63) is 0 Å². The second-order valence-electron chi connectivity index (χ2n) is 6.38. The van der Waals surface area contributed by atoms with Crippen LogP contribution in [0.25, 0.3) is 0 Å². The molecule has 150 valence electrons. The minimum absolute atomic E-state index is 0.0342. The second kappa shape index (κ2) is 12.5. The molecular formula is C17H38N4O3S. The Bertz CT molecular complexity index is 476. The highest BCUT2D eigenvalue weighted by atomic mass is 32.2. The fourth-order valence-electron chi connectivity index (χ4n) is 2.60. The molecule has 0 amide bonds. The van der Waals surface area contributed by atoms with E-state index >= 15 is 0 Å². The van der Waals surface area contributed by atoms with E-state index in [0.717, 1.165) is 31.8 Å². The lowest BCUT2D eigenvalue weighted by molar-refractivity contribution is 0.175. The molecule has 0 spiro atoms. The third kappa shape index (κ3) is 8.87. The van der Waals surface area contributed by atoms with E-state index in [9.17, 15) is 13.5 Å². The molecule has 8 heteroatoms. The van der Waals surface area contributed by atoms with Crippen molar-refractivity contribution in [2.24, 2.45) is 10.4 Å². The van der Waals surface area contributed by atoms with Gasteiger partial charge in [0.1, 0.15) is 0 Å². The molecule has 0 radical (unpaired) electrons. The third-order valence-corrected chi connectivity index (χ3v) is 6.70. The molecule has 0 fully saturated rings. The molecule has 0 aliphatic heterocycles. The molecule has 0 saturated heterocycles. The Hall–Kier alpha value is -0.860. The van der Waals surface area contributed by atoms with E-state index in [2.05, 4.69) is 29.5 Å². The zero-order valence-corrected chi connectivity index (χ0v) is 17.5. The summed E-state index contributed by atoms with van der Waals surface area (Å²) in [4.78, 5) is 4.68. The zero-order valence-electron chi connectivity index (χ0n) is 16.6. The largest absolute Gasteiger partial charge is 0.396 e. The SMILES string of the molecule is CCNC(=NCC(CC)(CC)CCO)NCCCN(C)S(=O)(=O)CC. The van der Waals surface area contributed by atoms with Gasteiger partial charge in [-0.1, -0.05) is 13.8 Å². The van der Waals surface area contributed by atoms with E-state index in [4.69, 9.17) is 0 Å². The van der Waals surface area contributed by atoms with Crippen LogP contribution in [-0.4, -0.2) is 69.4 Å². The minimum atomic E-state index is -3.12. The van der Waals surface area contributed by atoms with Gasteiger partial charge in [-0.2, -0.15) is 0 Å². The van der Waals surface area contributed by atoms with Crippen LogP contribution in [0.4, 0.5) is 0 Å². The van der Waals surface area contributed by atoms with E-state index in [-0.39, 0.29) is 17.8 Å². The minimum Gasteiger partial charge on any atom is -0.396 e. The first-order valence-corrected chi connectivity index (χ1v) is 11.0. The number of sulfonamides is 1. The molecule has 0 saturated carbocycles. The van der Waals surface area contributed by atoms with E-state index in [1.54, 1.807) is 14.0 Å². The van der Waals surface area contributed by atoms with Crippen molar-refractivity contribution in [2.75, 3.05) is 45.6 Å². The van der Waals surface area contributed by atoms with Crippen LogP contribution < -0.4 is 10.6 Å². The number of rotatable bonds is 13. The van der Waals surface area contributed by atoms with E-state index < -0.39 is 10.0 Å². The van der Waals surface area contributed by atoms with Crippen molar-refractivity contribution in [1.29, 1.82) is 0 Å². The molecule has 0 heterocycles. The van der Waals surface area contributed by atoms with Crippen LogP contribution in [0.1, 0.15) is 53.4 Å². The maximum Gasteiger partial charge on any atom is 0.213 e. The summed E-state index contributed by atoms with van der Waals surface area (Å²) in [5, 5.41) is 15.8. The zero-order chi connectivity index (χ0) is 19.3. The smallest absolute Gasteiger partial charge is 0.213 e. The predicted octanol–water partition coefficient (Wildman–Crippen LogP) is 1.40. The number of aliphatic hydroxyl groups excluding tert-OH is 1. The first kappa shape index (κ1) is 24.1. The molecule has 3 N–H and O–H groups in total. The Morgan fingerprint density at radius 3 is 2.28 bits per heavy atom. The first-order chi connectivity index (χ1) is 11.8. The van der Waals surface area contributed by atoms with Crippen LogP contribution in [0.3, 0.4) is 0 Å². The molecule has 0 unspecified atom stereocenters. The highest BCUT2D eigenvalue weighted by Gasteiger charge is 2.25. The number of aliphatic imine (C=N–C) groups is 1. The van der Waals surface area contributed by atoms with Gasteiger partial charge in [0.15, 0.2) is 5.96 Å². The third-order valence-electron chi connectivity index (χ3n) is 4.84. The van der Waals surface area contributed by atoms with Crippen LogP contribution >= 0.6 is 0 Å². The number of nitrogens with one attached hydrogen (secondary N) is 2. The fourth-order valence-corrected chi connectivity index (χ4v) is 3.45. The quantitative estimate of drug-likeness (QED) is 0.256. The van der Waals surface area contributed by atoms with Crippen LogP contribution in [0.5, 0.6) is 0 Å². The van der Waals surface area contributed by atoms with Gasteiger partial charge >= 0.3 is 0 Å². The van der Waals surface area contributed by atoms with E-state index in [0.29, 0.717) is 26.1 Å². The van der Waals surface area contributed by atoms with Gasteiger partial charge in [-0.05, 0) is 44.9 Å². The molecule has 0 aliphatic carbocycles. The Labute approximate surface area is 154 Å². The number of hydrogen-bond acceptors (Lipinski definition) is 4. The Morgan fingerprint density at radius 1 is 1.16 bits per heavy atom. The van der Waals surface area contributed by atoms with Crippen LogP contribution in [-0.2, 0) is 10.0 Å². The first-order valence-electron chi connectivity index (χ1n) is 9.37. The monoisotopic (exact) mass is 378 g/mol. The molecule has 0 aromatic heterocycles. The standard InChI is InChI=1S/C17H38N4O3S/c1-6-17(7-2,11-14-22)15-20-16(18-8-3)19-12-10-13-21(5)25(23,24)9-4/h22H,6-15H2,1-5H3,(H2,18,19,20). The van der Waals surface area contributed by atoms with Gasteiger partial charge in [0, 0.05) is 39.8 Å². The molecule has 0 bridgehead atoms. The van der Waals surface area contributed by atoms with Gasteiger partial charge in [0.05, 0.1) is 5.75 Å². The van der Waals surface area contributed by atoms with Crippen LogP contribution in [0, 0.1) is 5.41 Å². The van der Waals surface area contributed by atoms with Gasteiger partial charge in [0.2, 0.25) is 10.0 Å². The van der Waals surface area contributed by atoms with Crippen molar-refractivity contribution < 1.29 is 13.5 Å². The van der Waals surface area contributed by atoms with Crippen LogP contribution in [0.15, 0.2) is 4.99 Å². The average molecular weight is 379 g/mol. The van der Waals surface area contributed by atoms with Gasteiger partial charge in [-0.25, -0.2) is 12.7 Å². The Balaban J connectivity index is 4.59. The summed E-state index contributed by atoms with van der Waals surface area (Å²) >= 11 is 0. The van der Waals surface area contributed by atoms with Crippen molar-refractivity contribution in [3.63, 3.8) is 0 Å². The summed E-state index contributed by atoms with van der Waals surface area (Å²) in [6, 6.07) is 0. The Kier molecular flexibility index (Phi) is 12.1. The number of nitrogens with zero attached hydrogens (tertiary/aromatic N) is 2. The summed E-state index contributed by atoms with van der Waals surface area (Å²) < 4.78 is 24.8. The number of guanidine groups is 1. The Morgan fingerprint density at radius 2 is 1.80 bits per heavy atom. The topological polar surface area (TPSA) is 94.0 Å². The van der Waals surface area contributed by atoms with E-state index in [1.165, 1.54) is 4.31 Å². The fraction of sp³-hybridized carbons (Fsp3) is 0.941. The number of aliphatic hydroxyl groups is 1. The average Bonchev–Trinajstić information content (AvgIpc) is 2.61.